The zero-order chi connectivity index (χ0) is 8.44. The van der Waals surface area contributed by atoms with E-state index in [2.05, 4.69) is 29.6 Å². The standard InChI is InChI=1S/C10H13NO/c1-11-10(7-12-8-10)9-5-3-2-4-6-9/h2-6,11H,7-8H2,1H3. The van der Waals surface area contributed by atoms with Crippen molar-refractivity contribution in [2.75, 3.05) is 20.3 Å². The fraction of sp³-hybridized carbons (Fsp3) is 0.400. The molecule has 1 heterocycles. The van der Waals surface area contributed by atoms with Crippen molar-refractivity contribution in [3.05, 3.63) is 35.9 Å². The third-order valence-electron chi connectivity index (χ3n) is 2.50. The van der Waals surface area contributed by atoms with Crippen LogP contribution in [0.15, 0.2) is 30.3 Å². The van der Waals surface area contributed by atoms with E-state index in [9.17, 15) is 0 Å². The zero-order valence-corrected chi connectivity index (χ0v) is 7.21. The number of hydrogen-bond donors (Lipinski definition) is 1. The summed E-state index contributed by atoms with van der Waals surface area (Å²) in [5.74, 6) is 0. The van der Waals surface area contributed by atoms with E-state index in [0.717, 1.165) is 13.2 Å². The third-order valence-corrected chi connectivity index (χ3v) is 2.50. The lowest BCUT2D eigenvalue weighted by Crippen LogP contribution is -2.56. The predicted molar refractivity (Wildman–Crippen MR) is 48.0 cm³/mol. The molecule has 0 unspecified atom stereocenters. The van der Waals surface area contributed by atoms with Crippen LogP contribution in [0.3, 0.4) is 0 Å². The third kappa shape index (κ3) is 1.04. The zero-order valence-electron chi connectivity index (χ0n) is 7.21. The van der Waals surface area contributed by atoms with Gasteiger partial charge in [0, 0.05) is 0 Å². The van der Waals surface area contributed by atoms with E-state index in [4.69, 9.17) is 4.74 Å². The Balaban J connectivity index is 2.28. The van der Waals surface area contributed by atoms with Crippen molar-refractivity contribution in [1.82, 2.24) is 5.32 Å². The maximum absolute atomic E-state index is 5.22. The van der Waals surface area contributed by atoms with Gasteiger partial charge in [0.25, 0.3) is 0 Å². The smallest absolute Gasteiger partial charge is 0.0906 e. The molecule has 0 aliphatic carbocycles. The van der Waals surface area contributed by atoms with E-state index in [0.29, 0.717) is 0 Å². The number of rotatable bonds is 2. The summed E-state index contributed by atoms with van der Waals surface area (Å²) in [7, 11) is 1.98. The van der Waals surface area contributed by atoms with Gasteiger partial charge in [0.1, 0.15) is 0 Å². The normalized spacial score (nSPS) is 20.1. The molecule has 1 aliphatic heterocycles. The van der Waals surface area contributed by atoms with E-state index in [1.807, 2.05) is 13.1 Å². The van der Waals surface area contributed by atoms with E-state index in [1.54, 1.807) is 0 Å². The summed E-state index contributed by atoms with van der Waals surface area (Å²) in [4.78, 5) is 0. The summed E-state index contributed by atoms with van der Waals surface area (Å²) in [6.07, 6.45) is 0. The maximum atomic E-state index is 5.22. The van der Waals surface area contributed by atoms with Crippen molar-refractivity contribution in [2.45, 2.75) is 5.54 Å². The van der Waals surface area contributed by atoms with Crippen LogP contribution in [0.1, 0.15) is 5.56 Å². The lowest BCUT2D eigenvalue weighted by Gasteiger charge is -2.41. The molecule has 0 saturated carbocycles. The minimum Gasteiger partial charge on any atom is -0.377 e. The Labute approximate surface area is 72.5 Å². The number of ether oxygens (including phenoxy) is 1. The van der Waals surface area contributed by atoms with Crippen LogP contribution in [0, 0.1) is 0 Å². The fourth-order valence-electron chi connectivity index (χ4n) is 1.52. The first kappa shape index (κ1) is 7.77. The Morgan fingerprint density at radius 2 is 1.92 bits per heavy atom. The highest BCUT2D eigenvalue weighted by molar-refractivity contribution is 5.26. The Kier molecular flexibility index (Phi) is 1.87. The van der Waals surface area contributed by atoms with Gasteiger partial charge in [-0.25, -0.2) is 0 Å². The molecule has 2 nitrogen and oxygen atoms in total. The van der Waals surface area contributed by atoms with Gasteiger partial charge in [-0.15, -0.1) is 0 Å². The Bertz CT molecular complexity index is 248. The van der Waals surface area contributed by atoms with Crippen molar-refractivity contribution >= 4 is 0 Å². The first-order valence-corrected chi connectivity index (χ1v) is 4.20. The molecular weight excluding hydrogens is 150 g/mol. The van der Waals surface area contributed by atoms with Crippen molar-refractivity contribution < 1.29 is 4.74 Å². The number of benzene rings is 1. The van der Waals surface area contributed by atoms with Crippen LogP contribution in [-0.4, -0.2) is 20.3 Å². The van der Waals surface area contributed by atoms with E-state index >= 15 is 0 Å². The van der Waals surface area contributed by atoms with Crippen molar-refractivity contribution in [2.24, 2.45) is 0 Å². The highest BCUT2D eigenvalue weighted by atomic mass is 16.5. The highest BCUT2D eigenvalue weighted by Crippen LogP contribution is 2.28. The van der Waals surface area contributed by atoms with Gasteiger partial charge in [0.2, 0.25) is 0 Å². The molecule has 0 radical (unpaired) electrons. The van der Waals surface area contributed by atoms with Crippen LogP contribution in [0.4, 0.5) is 0 Å². The van der Waals surface area contributed by atoms with Gasteiger partial charge in [-0.3, -0.25) is 0 Å². The van der Waals surface area contributed by atoms with E-state index in [1.165, 1.54) is 5.56 Å². The molecule has 64 valence electrons. The largest absolute Gasteiger partial charge is 0.377 e. The first-order chi connectivity index (χ1) is 5.87. The van der Waals surface area contributed by atoms with Crippen LogP contribution in [0.25, 0.3) is 0 Å². The highest BCUT2D eigenvalue weighted by Gasteiger charge is 2.38. The summed E-state index contributed by atoms with van der Waals surface area (Å²) < 4.78 is 5.22. The lowest BCUT2D eigenvalue weighted by molar-refractivity contribution is -0.0747. The quantitative estimate of drug-likeness (QED) is 0.705. The average molecular weight is 163 g/mol. The molecule has 1 aliphatic rings. The molecule has 0 amide bonds. The van der Waals surface area contributed by atoms with Gasteiger partial charge in [-0.2, -0.15) is 0 Å². The van der Waals surface area contributed by atoms with Crippen LogP contribution >= 0.6 is 0 Å². The van der Waals surface area contributed by atoms with Crippen molar-refractivity contribution in [1.29, 1.82) is 0 Å². The summed E-state index contributed by atoms with van der Waals surface area (Å²) in [6, 6.07) is 10.4. The summed E-state index contributed by atoms with van der Waals surface area (Å²) in [5.41, 5.74) is 1.40. The monoisotopic (exact) mass is 163 g/mol. The molecule has 2 heteroatoms. The molecule has 12 heavy (non-hydrogen) atoms. The molecule has 2 rings (SSSR count). The Morgan fingerprint density at radius 3 is 2.33 bits per heavy atom. The number of likely N-dealkylation sites (N-methyl/N-ethyl adjacent to an activating group) is 1. The minimum absolute atomic E-state index is 0.0846. The summed E-state index contributed by atoms with van der Waals surface area (Å²) >= 11 is 0. The second kappa shape index (κ2) is 2.88. The predicted octanol–water partition coefficient (Wildman–Crippen LogP) is 1.13. The number of hydrogen-bond acceptors (Lipinski definition) is 2. The molecule has 0 atom stereocenters. The number of nitrogens with one attached hydrogen (secondary N) is 1. The van der Waals surface area contributed by atoms with Crippen molar-refractivity contribution in [3.8, 4) is 0 Å². The van der Waals surface area contributed by atoms with Gasteiger partial charge in [0.15, 0.2) is 0 Å². The van der Waals surface area contributed by atoms with Crippen molar-refractivity contribution in [3.63, 3.8) is 0 Å². The van der Waals surface area contributed by atoms with Gasteiger partial charge in [-0.05, 0) is 12.6 Å². The van der Waals surface area contributed by atoms with Gasteiger partial charge in [-0.1, -0.05) is 30.3 Å². The molecular formula is C10H13NO. The molecule has 1 saturated heterocycles. The molecule has 1 aromatic carbocycles. The molecule has 0 spiro atoms. The maximum Gasteiger partial charge on any atom is 0.0906 e. The van der Waals surface area contributed by atoms with Crippen LogP contribution in [0.5, 0.6) is 0 Å². The molecule has 1 aromatic rings. The topological polar surface area (TPSA) is 21.3 Å². The van der Waals surface area contributed by atoms with Crippen LogP contribution in [0.2, 0.25) is 0 Å². The minimum atomic E-state index is 0.0846. The van der Waals surface area contributed by atoms with Gasteiger partial charge in [0.05, 0.1) is 18.8 Å². The fourth-order valence-corrected chi connectivity index (χ4v) is 1.52. The summed E-state index contributed by atoms with van der Waals surface area (Å²) in [5, 5.41) is 3.31. The molecule has 1 fully saturated rings. The molecule has 0 aromatic heterocycles. The van der Waals surface area contributed by atoms with E-state index < -0.39 is 0 Å². The molecule has 0 bridgehead atoms. The Hall–Kier alpha value is -0.860. The van der Waals surface area contributed by atoms with Gasteiger partial charge >= 0.3 is 0 Å². The molecule has 1 N–H and O–H groups in total. The van der Waals surface area contributed by atoms with E-state index in [-0.39, 0.29) is 5.54 Å². The van der Waals surface area contributed by atoms with Gasteiger partial charge < -0.3 is 10.1 Å². The second-order valence-corrected chi connectivity index (χ2v) is 3.19. The Morgan fingerprint density at radius 1 is 1.25 bits per heavy atom. The SMILES string of the molecule is CNC1(c2ccccc2)COC1. The average Bonchev–Trinajstić information content (AvgIpc) is 2.05. The van der Waals surface area contributed by atoms with Crippen LogP contribution in [-0.2, 0) is 10.3 Å². The second-order valence-electron chi connectivity index (χ2n) is 3.19. The summed E-state index contributed by atoms with van der Waals surface area (Å²) in [6.45, 7) is 1.57. The lowest BCUT2D eigenvalue weighted by atomic mass is 9.88. The first-order valence-electron chi connectivity index (χ1n) is 4.20. The van der Waals surface area contributed by atoms with Crippen LogP contribution < -0.4 is 5.32 Å².